The number of hydrogen-bond donors (Lipinski definition) is 0. The molecular formula is C16H21NO6. The van der Waals surface area contributed by atoms with Crippen molar-refractivity contribution in [2.45, 2.75) is 33.1 Å². The average molecular weight is 323 g/mol. The van der Waals surface area contributed by atoms with Gasteiger partial charge in [0.25, 0.3) is 5.69 Å². The molecule has 7 nitrogen and oxygen atoms in total. The molecule has 0 heterocycles. The molecule has 0 aliphatic rings. The van der Waals surface area contributed by atoms with E-state index in [2.05, 4.69) is 0 Å². The van der Waals surface area contributed by atoms with E-state index in [-0.39, 0.29) is 37.5 Å². The number of esters is 2. The molecule has 0 aliphatic carbocycles. The number of benzene rings is 1. The first-order valence-corrected chi connectivity index (χ1v) is 7.43. The Hall–Kier alpha value is -2.44. The molecule has 0 aliphatic heterocycles. The maximum absolute atomic E-state index is 11.5. The number of carbonyl (C=O) groups excluding carboxylic acids is 2. The molecule has 1 aromatic rings. The van der Waals surface area contributed by atoms with Crippen LogP contribution in [0.3, 0.4) is 0 Å². The van der Waals surface area contributed by atoms with Crippen LogP contribution in [0.1, 0.15) is 32.3 Å². The van der Waals surface area contributed by atoms with E-state index in [1.807, 2.05) is 13.8 Å². The normalized spacial score (nSPS) is 10.4. The number of nitro groups is 1. The first kappa shape index (κ1) is 18.6. The molecular weight excluding hydrogens is 302 g/mol. The van der Waals surface area contributed by atoms with Crippen LogP contribution in [0.5, 0.6) is 0 Å². The summed E-state index contributed by atoms with van der Waals surface area (Å²) in [6, 6.07) is 6.29. The zero-order chi connectivity index (χ0) is 17.2. The molecule has 0 saturated heterocycles. The zero-order valence-corrected chi connectivity index (χ0v) is 13.3. The second-order valence-electron chi connectivity index (χ2n) is 5.43. The van der Waals surface area contributed by atoms with Gasteiger partial charge < -0.3 is 9.47 Å². The highest BCUT2D eigenvalue weighted by Crippen LogP contribution is 2.18. The van der Waals surface area contributed by atoms with Gasteiger partial charge in [0.05, 0.1) is 31.0 Å². The average Bonchev–Trinajstić information content (AvgIpc) is 2.51. The monoisotopic (exact) mass is 323 g/mol. The van der Waals surface area contributed by atoms with E-state index in [1.165, 1.54) is 6.07 Å². The van der Waals surface area contributed by atoms with Crippen molar-refractivity contribution in [2.75, 3.05) is 13.2 Å². The Morgan fingerprint density at radius 1 is 1.13 bits per heavy atom. The van der Waals surface area contributed by atoms with Gasteiger partial charge in [0, 0.05) is 18.1 Å². The molecule has 1 rings (SSSR count). The second-order valence-corrected chi connectivity index (χ2v) is 5.43. The number of rotatable bonds is 9. The molecule has 0 radical (unpaired) electrons. The molecule has 0 fully saturated rings. The van der Waals surface area contributed by atoms with Gasteiger partial charge in [-0.15, -0.1) is 0 Å². The Balaban J connectivity index is 2.29. The van der Waals surface area contributed by atoms with Gasteiger partial charge in [-0.05, 0) is 5.92 Å². The second kappa shape index (κ2) is 9.55. The molecule has 0 atom stereocenters. The third-order valence-electron chi connectivity index (χ3n) is 2.93. The zero-order valence-electron chi connectivity index (χ0n) is 13.3. The van der Waals surface area contributed by atoms with E-state index in [0.717, 1.165) is 0 Å². The number of ether oxygens (including phenoxy) is 2. The SMILES string of the molecule is CC(C)COC(=O)CCC(=O)OCCc1ccccc1[N+](=O)[O-]. The molecule has 0 aromatic heterocycles. The number of carbonyl (C=O) groups is 2. The third kappa shape index (κ3) is 7.39. The van der Waals surface area contributed by atoms with Crippen LogP contribution in [0.2, 0.25) is 0 Å². The number of nitro benzene ring substituents is 1. The van der Waals surface area contributed by atoms with Crippen molar-refractivity contribution in [3.05, 3.63) is 39.9 Å². The molecule has 0 saturated carbocycles. The Kier molecular flexibility index (Phi) is 7.73. The molecule has 0 spiro atoms. The summed E-state index contributed by atoms with van der Waals surface area (Å²) in [4.78, 5) is 33.3. The number of para-hydroxylation sites is 1. The maximum Gasteiger partial charge on any atom is 0.306 e. The van der Waals surface area contributed by atoms with Crippen LogP contribution in [0.25, 0.3) is 0 Å². The highest BCUT2D eigenvalue weighted by atomic mass is 16.6. The summed E-state index contributed by atoms with van der Waals surface area (Å²) >= 11 is 0. The molecule has 0 amide bonds. The fourth-order valence-corrected chi connectivity index (χ4v) is 1.78. The summed E-state index contributed by atoms with van der Waals surface area (Å²) in [7, 11) is 0. The first-order chi connectivity index (χ1) is 10.9. The van der Waals surface area contributed by atoms with Crippen molar-refractivity contribution in [1.82, 2.24) is 0 Å². The Morgan fingerprint density at radius 2 is 1.74 bits per heavy atom. The highest BCUT2D eigenvalue weighted by Gasteiger charge is 2.13. The fraction of sp³-hybridized carbons (Fsp3) is 0.500. The largest absolute Gasteiger partial charge is 0.465 e. The maximum atomic E-state index is 11.5. The van der Waals surface area contributed by atoms with Gasteiger partial charge in [0.1, 0.15) is 0 Å². The van der Waals surface area contributed by atoms with Gasteiger partial charge in [-0.1, -0.05) is 32.0 Å². The topological polar surface area (TPSA) is 95.7 Å². The minimum Gasteiger partial charge on any atom is -0.465 e. The summed E-state index contributed by atoms with van der Waals surface area (Å²) in [5.41, 5.74) is 0.502. The lowest BCUT2D eigenvalue weighted by atomic mass is 10.1. The number of hydrogen-bond acceptors (Lipinski definition) is 6. The highest BCUT2D eigenvalue weighted by molar-refractivity contribution is 5.77. The van der Waals surface area contributed by atoms with Crippen molar-refractivity contribution in [3.63, 3.8) is 0 Å². The molecule has 1 aromatic carbocycles. The van der Waals surface area contributed by atoms with Crippen LogP contribution in [0.4, 0.5) is 5.69 Å². The van der Waals surface area contributed by atoms with E-state index >= 15 is 0 Å². The van der Waals surface area contributed by atoms with Gasteiger partial charge in [0.2, 0.25) is 0 Å². The molecule has 23 heavy (non-hydrogen) atoms. The lowest BCUT2D eigenvalue weighted by molar-refractivity contribution is -0.385. The summed E-state index contributed by atoms with van der Waals surface area (Å²) in [6.07, 6.45) is 0.158. The quantitative estimate of drug-likeness (QED) is 0.394. The molecule has 0 N–H and O–H groups in total. The van der Waals surface area contributed by atoms with Gasteiger partial charge in [-0.25, -0.2) is 0 Å². The van der Waals surface area contributed by atoms with E-state index in [1.54, 1.807) is 18.2 Å². The van der Waals surface area contributed by atoms with Crippen molar-refractivity contribution in [1.29, 1.82) is 0 Å². The minimum absolute atomic E-state index is 0.000752. The first-order valence-electron chi connectivity index (χ1n) is 7.43. The van der Waals surface area contributed by atoms with Gasteiger partial charge >= 0.3 is 11.9 Å². The van der Waals surface area contributed by atoms with Crippen LogP contribution < -0.4 is 0 Å². The van der Waals surface area contributed by atoms with Crippen LogP contribution in [0, 0.1) is 16.0 Å². The van der Waals surface area contributed by atoms with Crippen LogP contribution >= 0.6 is 0 Å². The van der Waals surface area contributed by atoms with E-state index in [9.17, 15) is 19.7 Å². The lowest BCUT2D eigenvalue weighted by Gasteiger charge is -2.07. The van der Waals surface area contributed by atoms with Gasteiger partial charge in [-0.2, -0.15) is 0 Å². The standard InChI is InChI=1S/C16H21NO6/c1-12(2)11-23-16(19)8-7-15(18)22-10-9-13-5-3-4-6-14(13)17(20)21/h3-6,12H,7-11H2,1-2H3. The lowest BCUT2D eigenvalue weighted by Crippen LogP contribution is -2.14. The molecule has 0 unspecified atom stereocenters. The van der Waals surface area contributed by atoms with Gasteiger partial charge in [0.15, 0.2) is 0 Å². The van der Waals surface area contributed by atoms with Crippen LogP contribution in [0.15, 0.2) is 24.3 Å². The van der Waals surface area contributed by atoms with Crippen LogP contribution in [-0.4, -0.2) is 30.1 Å². The summed E-state index contributed by atoms with van der Waals surface area (Å²) in [5.74, 6) is -0.716. The Morgan fingerprint density at radius 3 is 2.35 bits per heavy atom. The van der Waals surface area contributed by atoms with Crippen LogP contribution in [-0.2, 0) is 25.5 Å². The molecule has 0 bridgehead atoms. The summed E-state index contributed by atoms with van der Waals surface area (Å²) < 4.78 is 9.94. The molecule has 7 heteroatoms. The van der Waals surface area contributed by atoms with Crippen molar-refractivity contribution in [2.24, 2.45) is 5.92 Å². The van der Waals surface area contributed by atoms with E-state index in [4.69, 9.17) is 9.47 Å². The van der Waals surface area contributed by atoms with Crippen molar-refractivity contribution < 1.29 is 24.0 Å². The third-order valence-corrected chi connectivity index (χ3v) is 2.93. The Bertz CT molecular complexity index is 555. The predicted molar refractivity (Wildman–Crippen MR) is 82.8 cm³/mol. The molecule has 126 valence electrons. The summed E-state index contributed by atoms with van der Waals surface area (Å²) in [6.45, 7) is 4.20. The fourth-order valence-electron chi connectivity index (χ4n) is 1.78. The van der Waals surface area contributed by atoms with Gasteiger partial charge in [-0.3, -0.25) is 19.7 Å². The van der Waals surface area contributed by atoms with E-state index < -0.39 is 16.9 Å². The Labute approximate surface area is 134 Å². The van der Waals surface area contributed by atoms with E-state index in [0.29, 0.717) is 12.2 Å². The smallest absolute Gasteiger partial charge is 0.306 e. The number of nitrogens with zero attached hydrogens (tertiary/aromatic N) is 1. The predicted octanol–water partition coefficient (Wildman–Crippen LogP) is 2.66. The minimum atomic E-state index is -0.523. The van der Waals surface area contributed by atoms with Crippen molar-refractivity contribution in [3.8, 4) is 0 Å². The summed E-state index contributed by atoms with van der Waals surface area (Å²) in [5, 5.41) is 10.9. The van der Waals surface area contributed by atoms with Crippen molar-refractivity contribution >= 4 is 17.6 Å².